The third-order valence-electron chi connectivity index (χ3n) is 4.32. The smallest absolute Gasteiger partial charge is 0.269 e. The van der Waals surface area contributed by atoms with Gasteiger partial charge in [0.05, 0.1) is 41.0 Å². The highest BCUT2D eigenvalue weighted by Gasteiger charge is 2.83. The maximum Gasteiger partial charge on any atom is 0.269 e. The van der Waals surface area contributed by atoms with Crippen LogP contribution in [0.3, 0.4) is 0 Å². The minimum absolute atomic E-state index is 0.151. The summed E-state index contributed by atoms with van der Waals surface area (Å²) in [5, 5.41) is 65.6. The van der Waals surface area contributed by atoms with E-state index in [1.165, 1.54) is 18.2 Å². The van der Waals surface area contributed by atoms with Crippen molar-refractivity contribution in [1.82, 2.24) is 0 Å². The molecule has 1 saturated carbocycles. The van der Waals surface area contributed by atoms with E-state index >= 15 is 0 Å². The first kappa shape index (κ1) is 17.1. The van der Waals surface area contributed by atoms with Gasteiger partial charge in [-0.2, -0.15) is 26.3 Å². The summed E-state index contributed by atoms with van der Waals surface area (Å²) >= 11 is 0. The highest BCUT2D eigenvalue weighted by atomic mass is 16.6. The molecule has 9 heteroatoms. The van der Waals surface area contributed by atoms with Gasteiger partial charge in [-0.05, 0) is 5.56 Å². The van der Waals surface area contributed by atoms with Crippen molar-refractivity contribution >= 4 is 11.4 Å². The molecular formula is C16H7N7O2. The van der Waals surface area contributed by atoms with Crippen molar-refractivity contribution in [1.29, 1.82) is 31.7 Å². The van der Waals surface area contributed by atoms with E-state index in [0.717, 1.165) is 6.07 Å². The molecule has 118 valence electrons. The summed E-state index contributed by atoms with van der Waals surface area (Å²) in [6.07, 6.45) is 0. The zero-order chi connectivity index (χ0) is 18.8. The largest absolute Gasteiger partial charge is 0.305 e. The van der Waals surface area contributed by atoms with Crippen LogP contribution in [0, 0.1) is 88.9 Å². The third-order valence-corrected chi connectivity index (χ3v) is 4.32. The van der Waals surface area contributed by atoms with Gasteiger partial charge in [-0.3, -0.25) is 10.1 Å². The second-order valence-corrected chi connectivity index (χ2v) is 5.34. The first-order valence-corrected chi connectivity index (χ1v) is 6.76. The molecule has 1 aliphatic carbocycles. The molecule has 1 aliphatic rings. The topological polar surface area (TPSA) is 186 Å². The van der Waals surface area contributed by atoms with Gasteiger partial charge in [-0.25, -0.2) is 0 Å². The zero-order valence-electron chi connectivity index (χ0n) is 12.5. The Hall–Kier alpha value is -4.26. The fourth-order valence-electron chi connectivity index (χ4n) is 3.09. The van der Waals surface area contributed by atoms with Crippen LogP contribution in [0.15, 0.2) is 24.3 Å². The molecule has 1 fully saturated rings. The van der Waals surface area contributed by atoms with Gasteiger partial charge in [-0.1, -0.05) is 12.1 Å². The van der Waals surface area contributed by atoms with Gasteiger partial charge in [0.25, 0.3) is 5.69 Å². The van der Waals surface area contributed by atoms with Crippen LogP contribution < -0.4 is 0 Å². The summed E-state index contributed by atoms with van der Waals surface area (Å²) in [7, 11) is 0. The van der Waals surface area contributed by atoms with Gasteiger partial charge in [0.15, 0.2) is 11.3 Å². The quantitative estimate of drug-likeness (QED) is 0.496. The average Bonchev–Trinajstić information content (AvgIpc) is 3.26. The average molecular weight is 329 g/mol. The van der Waals surface area contributed by atoms with Gasteiger partial charge in [-0.15, -0.1) is 0 Å². The predicted molar refractivity (Wildman–Crippen MR) is 80.0 cm³/mol. The summed E-state index contributed by atoms with van der Waals surface area (Å²) in [5.74, 6) is -2.78. The Morgan fingerprint density at radius 3 is 2.20 bits per heavy atom. The van der Waals surface area contributed by atoms with Crippen LogP contribution in [0.4, 0.5) is 5.69 Å². The Kier molecular flexibility index (Phi) is 3.93. The van der Waals surface area contributed by atoms with Crippen LogP contribution >= 0.6 is 0 Å². The highest BCUT2D eigenvalue weighted by Crippen LogP contribution is 2.74. The van der Waals surface area contributed by atoms with Crippen LogP contribution in [-0.2, 0) is 0 Å². The summed E-state index contributed by atoms with van der Waals surface area (Å²) in [4.78, 5) is 10.3. The molecule has 0 amide bonds. The van der Waals surface area contributed by atoms with E-state index in [2.05, 4.69) is 0 Å². The normalized spacial score (nSPS) is 22.3. The molecule has 0 aromatic heterocycles. The van der Waals surface area contributed by atoms with Crippen LogP contribution in [0.5, 0.6) is 0 Å². The van der Waals surface area contributed by atoms with Gasteiger partial charge in [0.2, 0.25) is 0 Å². The molecule has 0 radical (unpaired) electrons. The number of nitro groups is 1. The van der Waals surface area contributed by atoms with Crippen molar-refractivity contribution in [2.24, 2.45) is 16.7 Å². The Labute approximate surface area is 141 Å². The Balaban J connectivity index is 2.70. The maximum absolute atomic E-state index is 10.9. The van der Waals surface area contributed by atoms with Crippen molar-refractivity contribution in [3.05, 3.63) is 39.9 Å². The third kappa shape index (κ3) is 2.00. The molecule has 9 nitrogen and oxygen atoms in total. The molecule has 1 aromatic carbocycles. The van der Waals surface area contributed by atoms with Crippen LogP contribution in [-0.4, -0.2) is 10.6 Å². The maximum atomic E-state index is 10.9. The van der Waals surface area contributed by atoms with E-state index in [-0.39, 0.29) is 11.3 Å². The van der Waals surface area contributed by atoms with E-state index in [9.17, 15) is 25.9 Å². The lowest BCUT2D eigenvalue weighted by Crippen LogP contribution is -2.26. The summed E-state index contributed by atoms with van der Waals surface area (Å²) in [6, 6.07) is 13.4. The molecule has 1 N–H and O–H groups in total. The van der Waals surface area contributed by atoms with E-state index in [0.29, 0.717) is 0 Å². The van der Waals surface area contributed by atoms with Gasteiger partial charge >= 0.3 is 0 Å². The summed E-state index contributed by atoms with van der Waals surface area (Å²) in [5.41, 5.74) is -4.82. The summed E-state index contributed by atoms with van der Waals surface area (Å²) in [6.45, 7) is 0. The number of hydrogen-bond donors (Lipinski definition) is 1. The Morgan fingerprint density at radius 2 is 1.76 bits per heavy atom. The first-order valence-electron chi connectivity index (χ1n) is 6.76. The van der Waals surface area contributed by atoms with Crippen LogP contribution in [0.25, 0.3) is 0 Å². The van der Waals surface area contributed by atoms with Crippen molar-refractivity contribution in [3.8, 4) is 30.3 Å². The molecule has 0 saturated heterocycles. The van der Waals surface area contributed by atoms with Gasteiger partial charge in [0, 0.05) is 18.1 Å². The number of nitro benzene ring substituents is 1. The zero-order valence-corrected chi connectivity index (χ0v) is 12.5. The number of non-ortho nitro benzene ring substituents is 1. The van der Waals surface area contributed by atoms with E-state index in [1.807, 2.05) is 0 Å². The molecule has 25 heavy (non-hydrogen) atoms. The highest BCUT2D eigenvalue weighted by molar-refractivity contribution is 6.02. The molecule has 0 spiro atoms. The molecule has 0 heterocycles. The Bertz CT molecular complexity index is 968. The van der Waals surface area contributed by atoms with Crippen molar-refractivity contribution in [2.75, 3.05) is 0 Å². The van der Waals surface area contributed by atoms with Crippen LogP contribution in [0.2, 0.25) is 0 Å². The molecule has 1 aromatic rings. The second-order valence-electron chi connectivity index (χ2n) is 5.34. The van der Waals surface area contributed by atoms with Crippen LogP contribution in [0.1, 0.15) is 11.5 Å². The van der Waals surface area contributed by atoms with Crippen molar-refractivity contribution < 1.29 is 4.92 Å². The second kappa shape index (κ2) is 5.74. The van der Waals surface area contributed by atoms with E-state index in [1.54, 1.807) is 30.3 Å². The van der Waals surface area contributed by atoms with E-state index < -0.39 is 33.3 Å². The molecule has 0 bridgehead atoms. The lowest BCUT2D eigenvalue weighted by Gasteiger charge is -2.11. The van der Waals surface area contributed by atoms with Gasteiger partial charge < -0.3 is 5.41 Å². The fourth-order valence-corrected chi connectivity index (χ4v) is 3.09. The number of hydrogen-bond acceptors (Lipinski definition) is 8. The molecule has 2 atom stereocenters. The standard InChI is InChI=1S/C16H7N7O2/c17-5-11(6-18)14(22)16(9-21)13(15(16,7-19)8-20)10-2-1-3-12(4-10)23(24)25/h1-4,11,13,22H/t13-,16+/m0/s1. The predicted octanol–water partition coefficient (Wildman–Crippen LogP) is 1.92. The van der Waals surface area contributed by atoms with Gasteiger partial charge in [0.1, 0.15) is 5.41 Å². The van der Waals surface area contributed by atoms with E-state index in [4.69, 9.17) is 15.9 Å². The monoisotopic (exact) mass is 329 g/mol. The fraction of sp³-hybridized carbons (Fsp3) is 0.250. The first-order chi connectivity index (χ1) is 11.9. The number of benzene rings is 1. The number of rotatable bonds is 4. The molecule has 2 rings (SSSR count). The number of nitrogens with zero attached hydrogens (tertiary/aromatic N) is 6. The minimum Gasteiger partial charge on any atom is -0.305 e. The number of nitrogens with one attached hydrogen (secondary N) is 1. The lowest BCUT2D eigenvalue weighted by atomic mass is 9.84. The number of nitriles is 5. The SMILES string of the molecule is N#CC(C#N)C(=N)[C@@]1(C#N)[C@@H](c2cccc([N+](=O)[O-])c2)C1(C#N)C#N. The Morgan fingerprint density at radius 1 is 1.16 bits per heavy atom. The molecule has 0 aliphatic heterocycles. The van der Waals surface area contributed by atoms with Crippen molar-refractivity contribution in [3.63, 3.8) is 0 Å². The molecule has 0 unspecified atom stereocenters. The van der Waals surface area contributed by atoms with Crippen molar-refractivity contribution in [2.45, 2.75) is 5.92 Å². The minimum atomic E-state index is -2.01. The lowest BCUT2D eigenvalue weighted by molar-refractivity contribution is -0.384. The molecular weight excluding hydrogens is 322 g/mol. The summed E-state index contributed by atoms with van der Waals surface area (Å²) < 4.78 is 0.